The van der Waals surface area contributed by atoms with Gasteiger partial charge >= 0.3 is 19.8 Å². The van der Waals surface area contributed by atoms with Crippen molar-refractivity contribution in [1.29, 1.82) is 0 Å². The Balaban J connectivity index is 4.27. The molecule has 0 aliphatic heterocycles. The molecule has 0 saturated carbocycles. The van der Waals surface area contributed by atoms with Gasteiger partial charge in [0.2, 0.25) is 0 Å². The van der Waals surface area contributed by atoms with E-state index in [1.165, 1.54) is 32.1 Å². The van der Waals surface area contributed by atoms with Crippen LogP contribution in [0.1, 0.15) is 117 Å². The van der Waals surface area contributed by atoms with Crippen molar-refractivity contribution in [3.05, 3.63) is 72.9 Å². The maximum absolute atomic E-state index is 12.3. The van der Waals surface area contributed by atoms with Crippen LogP contribution in [0.2, 0.25) is 0 Å². The third kappa shape index (κ3) is 33.3. The van der Waals surface area contributed by atoms with Crippen molar-refractivity contribution in [2.24, 2.45) is 0 Å². The summed E-state index contributed by atoms with van der Waals surface area (Å²) in [6.45, 7) is 3.28. The Kier molecular flexibility index (Phi) is 30.0. The number of aliphatic hydroxyl groups is 2. The van der Waals surface area contributed by atoms with Crippen LogP contribution >= 0.6 is 7.82 Å². The summed E-state index contributed by atoms with van der Waals surface area (Å²) >= 11 is 0. The predicted octanol–water partition coefficient (Wildman–Crippen LogP) is 7.89. The maximum Gasteiger partial charge on any atom is 0.469 e. The van der Waals surface area contributed by atoms with E-state index in [2.05, 4.69) is 11.4 Å². The average Bonchev–Trinajstić information content (AvgIpc) is 3.04. The van der Waals surface area contributed by atoms with E-state index in [1.807, 2.05) is 43.4 Å². The lowest BCUT2D eigenvalue weighted by molar-refractivity contribution is -0.161. The number of ether oxygens (including phenoxy) is 2. The Morgan fingerprint density at radius 3 is 1.81 bits per heavy atom. The fourth-order valence-corrected chi connectivity index (χ4v) is 4.64. The number of carbonyl (C=O) groups is 2. The first kappa shape index (κ1) is 45.4. The third-order valence-corrected chi connectivity index (χ3v) is 7.40. The number of esters is 2. The van der Waals surface area contributed by atoms with E-state index in [0.29, 0.717) is 32.1 Å². The van der Waals surface area contributed by atoms with Gasteiger partial charge in [0.25, 0.3) is 0 Å². The summed E-state index contributed by atoms with van der Waals surface area (Å²) < 4.78 is 26.1. The molecule has 0 saturated heterocycles. The molecule has 0 bridgehead atoms. The zero-order valence-corrected chi connectivity index (χ0v) is 30.0. The molecule has 3 atom stereocenters. The molecule has 274 valence electrons. The van der Waals surface area contributed by atoms with Gasteiger partial charge in [-0.05, 0) is 38.5 Å². The average molecular weight is 697 g/mol. The molecule has 0 fully saturated rings. The first-order chi connectivity index (χ1) is 23.1. The molecule has 0 aliphatic carbocycles. The molecule has 4 N–H and O–H groups in total. The van der Waals surface area contributed by atoms with E-state index in [9.17, 15) is 24.4 Å². The minimum Gasteiger partial charge on any atom is -0.462 e. The number of hydrogen-bond donors (Lipinski definition) is 4. The first-order valence-corrected chi connectivity index (χ1v) is 19.0. The fraction of sp³-hybridized carbons (Fsp3) is 0.622. The maximum atomic E-state index is 12.3. The summed E-state index contributed by atoms with van der Waals surface area (Å²) in [7, 11) is -4.79. The van der Waals surface area contributed by atoms with E-state index in [4.69, 9.17) is 19.3 Å². The van der Waals surface area contributed by atoms with Crippen LogP contribution in [-0.4, -0.2) is 63.5 Å². The van der Waals surface area contributed by atoms with E-state index in [-0.39, 0.29) is 19.4 Å². The normalized spacial score (nSPS) is 14.7. The monoisotopic (exact) mass is 696 g/mol. The highest BCUT2D eigenvalue weighted by Gasteiger charge is 2.22. The molecular formula is C37H61O10P. The zero-order chi connectivity index (χ0) is 35.7. The van der Waals surface area contributed by atoms with Gasteiger partial charge in [0, 0.05) is 12.8 Å². The molecule has 0 aromatic carbocycles. The molecule has 0 amide bonds. The van der Waals surface area contributed by atoms with Crippen LogP contribution in [0.25, 0.3) is 0 Å². The second kappa shape index (κ2) is 31.7. The summed E-state index contributed by atoms with van der Waals surface area (Å²) in [5, 5.41) is 19.8. The smallest absolute Gasteiger partial charge is 0.462 e. The molecule has 0 heterocycles. The topological polar surface area (TPSA) is 160 Å². The van der Waals surface area contributed by atoms with Crippen molar-refractivity contribution < 1.29 is 48.2 Å². The van der Waals surface area contributed by atoms with Gasteiger partial charge in [0.15, 0.2) is 6.10 Å². The molecule has 10 nitrogen and oxygen atoms in total. The van der Waals surface area contributed by atoms with Crippen molar-refractivity contribution in [1.82, 2.24) is 0 Å². The van der Waals surface area contributed by atoms with Crippen molar-refractivity contribution in [3.8, 4) is 0 Å². The highest BCUT2D eigenvalue weighted by Crippen LogP contribution is 2.35. The van der Waals surface area contributed by atoms with Crippen LogP contribution in [0.5, 0.6) is 0 Å². The summed E-state index contributed by atoms with van der Waals surface area (Å²) in [4.78, 5) is 42.5. The number of allylic oxidation sites excluding steroid dienone is 8. The Bertz CT molecular complexity index is 1040. The van der Waals surface area contributed by atoms with E-state index >= 15 is 0 Å². The van der Waals surface area contributed by atoms with E-state index in [0.717, 1.165) is 25.7 Å². The number of carbonyl (C=O) groups excluding carboxylic acids is 2. The lowest BCUT2D eigenvalue weighted by atomic mass is 10.1. The minimum atomic E-state index is -4.79. The van der Waals surface area contributed by atoms with Gasteiger partial charge in [0.05, 0.1) is 18.8 Å². The van der Waals surface area contributed by atoms with Gasteiger partial charge in [-0.1, -0.05) is 138 Å². The summed E-state index contributed by atoms with van der Waals surface area (Å²) in [5.74, 6) is -1.06. The van der Waals surface area contributed by atoms with Crippen LogP contribution in [0.4, 0.5) is 0 Å². The van der Waals surface area contributed by atoms with Gasteiger partial charge < -0.3 is 29.5 Å². The number of aliphatic hydroxyl groups excluding tert-OH is 2. The van der Waals surface area contributed by atoms with E-state index < -0.39 is 44.7 Å². The largest absolute Gasteiger partial charge is 0.469 e. The quantitative estimate of drug-likeness (QED) is 0.0191. The summed E-state index contributed by atoms with van der Waals surface area (Å²) in [6.07, 6.45) is 32.9. The van der Waals surface area contributed by atoms with Crippen LogP contribution < -0.4 is 0 Å². The standard InChI is InChI=1S/C37H61O10P/c1-3-5-7-8-9-10-11-16-24-30-37(41)47-35(32-46-48(42,43)44)31-45-36(40)29-23-15-13-12-14-20-26-34(39)28-22-18-17-21-27-33(38)25-19-6-4-2/h6,13-15,17-22,27-28,33-35,38-39H,3-5,7-12,16,23-26,29-32H2,1-2H3,(H2,42,43,44)/b15-13-,18-17-,19-6-,20-14-,27-21+,28-22+/t33-,34+,35-/m1/s1. The Morgan fingerprint density at radius 2 is 1.23 bits per heavy atom. The number of hydrogen-bond acceptors (Lipinski definition) is 8. The number of rotatable bonds is 30. The molecule has 0 aliphatic rings. The van der Waals surface area contributed by atoms with Crippen LogP contribution in [0.3, 0.4) is 0 Å². The van der Waals surface area contributed by atoms with Crippen molar-refractivity contribution in [3.63, 3.8) is 0 Å². The van der Waals surface area contributed by atoms with Crippen LogP contribution in [0, 0.1) is 0 Å². The van der Waals surface area contributed by atoms with Gasteiger partial charge in [-0.25, -0.2) is 4.57 Å². The number of unbranched alkanes of at least 4 members (excludes halogenated alkanes) is 8. The lowest BCUT2D eigenvalue weighted by Crippen LogP contribution is -2.29. The van der Waals surface area contributed by atoms with Gasteiger partial charge in [-0.2, -0.15) is 0 Å². The Morgan fingerprint density at radius 1 is 0.667 bits per heavy atom. The Labute approximate surface area is 288 Å². The van der Waals surface area contributed by atoms with Gasteiger partial charge in [0.1, 0.15) is 6.61 Å². The second-order valence-corrected chi connectivity index (χ2v) is 12.8. The Hall–Kier alpha value is -2.59. The molecule has 0 unspecified atom stereocenters. The molecule has 0 radical (unpaired) electrons. The molecule has 0 rings (SSSR count). The van der Waals surface area contributed by atoms with Crippen molar-refractivity contribution in [2.75, 3.05) is 13.2 Å². The fourth-order valence-electron chi connectivity index (χ4n) is 4.28. The van der Waals surface area contributed by atoms with Crippen LogP contribution in [0.15, 0.2) is 72.9 Å². The molecule has 0 aromatic rings. The molecule has 0 spiro atoms. The van der Waals surface area contributed by atoms with Gasteiger partial charge in [-0.15, -0.1) is 0 Å². The van der Waals surface area contributed by atoms with Gasteiger partial charge in [-0.3, -0.25) is 14.1 Å². The summed E-state index contributed by atoms with van der Waals surface area (Å²) in [6, 6.07) is 0. The number of phosphoric acid groups is 1. The molecule has 48 heavy (non-hydrogen) atoms. The van der Waals surface area contributed by atoms with Crippen LogP contribution in [-0.2, 0) is 28.2 Å². The van der Waals surface area contributed by atoms with Crippen molar-refractivity contribution >= 4 is 19.8 Å². The SMILES string of the molecule is CC/C=C\C[C@@H](O)/C=C/C=C\C=C\[C@@H](O)C/C=C\C/C=C\CCC(=O)OC[C@H](COP(=O)(O)O)OC(=O)CCCCCCCCCCC. The highest BCUT2D eigenvalue weighted by molar-refractivity contribution is 7.46. The molecular weight excluding hydrogens is 635 g/mol. The molecule has 0 aromatic heterocycles. The van der Waals surface area contributed by atoms with E-state index in [1.54, 1.807) is 36.5 Å². The predicted molar refractivity (Wildman–Crippen MR) is 191 cm³/mol. The third-order valence-electron chi connectivity index (χ3n) is 6.92. The number of phosphoric ester groups is 1. The lowest BCUT2D eigenvalue weighted by Gasteiger charge is -2.18. The molecule has 11 heteroatoms. The highest BCUT2D eigenvalue weighted by atomic mass is 31.2. The second-order valence-electron chi connectivity index (χ2n) is 11.5. The minimum absolute atomic E-state index is 0.0831. The van der Waals surface area contributed by atoms with Crippen molar-refractivity contribution in [2.45, 2.75) is 135 Å². The zero-order valence-electron chi connectivity index (χ0n) is 29.1. The first-order valence-electron chi connectivity index (χ1n) is 17.4. The summed E-state index contributed by atoms with van der Waals surface area (Å²) in [5.41, 5.74) is 0.